The highest BCUT2D eigenvalue weighted by atomic mass is 35.5. The first-order valence-electron chi connectivity index (χ1n) is 7.31. The van der Waals surface area contributed by atoms with E-state index in [1.165, 1.54) is 6.33 Å². The average Bonchev–Trinajstić information content (AvgIpc) is 3.10. The standard InChI is InChI=1S/C18H12Cl3N3O/c19-15-4-1-12(2-5-15)18(25)14(9-24-11-22-10-23-24)7-13-3-6-16(20)8-17(13)21/h1-8,10-11H,9H2/b14-7+. The van der Waals surface area contributed by atoms with E-state index in [1.807, 2.05) is 0 Å². The van der Waals surface area contributed by atoms with Gasteiger partial charge in [-0.3, -0.25) is 4.79 Å². The fourth-order valence-electron chi connectivity index (χ4n) is 2.26. The highest BCUT2D eigenvalue weighted by Crippen LogP contribution is 2.24. The summed E-state index contributed by atoms with van der Waals surface area (Å²) in [4.78, 5) is 16.8. The molecule has 3 aromatic rings. The lowest BCUT2D eigenvalue weighted by molar-refractivity contribution is 0.103. The minimum Gasteiger partial charge on any atom is -0.289 e. The van der Waals surface area contributed by atoms with Crippen LogP contribution in [-0.4, -0.2) is 20.5 Å². The molecule has 0 aliphatic rings. The van der Waals surface area contributed by atoms with Crippen molar-refractivity contribution < 1.29 is 4.79 Å². The fourth-order valence-corrected chi connectivity index (χ4v) is 2.85. The van der Waals surface area contributed by atoms with E-state index in [4.69, 9.17) is 34.8 Å². The molecule has 0 saturated heterocycles. The number of ketones is 1. The molecule has 3 rings (SSSR count). The molecule has 1 heterocycles. The van der Waals surface area contributed by atoms with Crippen molar-refractivity contribution in [3.63, 3.8) is 0 Å². The van der Waals surface area contributed by atoms with Crippen molar-refractivity contribution in [2.75, 3.05) is 0 Å². The average molecular weight is 393 g/mol. The van der Waals surface area contributed by atoms with E-state index >= 15 is 0 Å². The molecule has 0 saturated carbocycles. The van der Waals surface area contributed by atoms with Gasteiger partial charge >= 0.3 is 0 Å². The van der Waals surface area contributed by atoms with Crippen LogP contribution in [0.15, 0.2) is 60.7 Å². The smallest absolute Gasteiger partial charge is 0.190 e. The van der Waals surface area contributed by atoms with Crippen LogP contribution in [0.3, 0.4) is 0 Å². The molecular weight excluding hydrogens is 381 g/mol. The molecule has 0 amide bonds. The zero-order chi connectivity index (χ0) is 17.8. The summed E-state index contributed by atoms with van der Waals surface area (Å²) in [6.45, 7) is 0.264. The maximum atomic E-state index is 12.9. The van der Waals surface area contributed by atoms with E-state index in [0.29, 0.717) is 31.8 Å². The van der Waals surface area contributed by atoms with Gasteiger partial charge in [-0.15, -0.1) is 0 Å². The van der Waals surface area contributed by atoms with E-state index in [2.05, 4.69) is 10.1 Å². The molecule has 0 aliphatic heterocycles. The van der Waals surface area contributed by atoms with Gasteiger partial charge in [0.15, 0.2) is 5.78 Å². The van der Waals surface area contributed by atoms with Crippen LogP contribution in [0.1, 0.15) is 15.9 Å². The first-order chi connectivity index (χ1) is 12.0. The molecule has 4 nitrogen and oxygen atoms in total. The summed E-state index contributed by atoms with van der Waals surface area (Å²) in [7, 11) is 0. The third-order valence-corrected chi connectivity index (χ3v) is 4.30. The second kappa shape index (κ2) is 7.83. The Morgan fingerprint density at radius 3 is 2.40 bits per heavy atom. The van der Waals surface area contributed by atoms with E-state index in [0.717, 1.165) is 0 Å². The van der Waals surface area contributed by atoms with Crippen molar-refractivity contribution in [1.82, 2.24) is 14.8 Å². The highest BCUT2D eigenvalue weighted by molar-refractivity contribution is 6.35. The maximum absolute atomic E-state index is 12.9. The van der Waals surface area contributed by atoms with Gasteiger partial charge in [-0.05, 0) is 48.0 Å². The van der Waals surface area contributed by atoms with Crippen LogP contribution in [0.25, 0.3) is 6.08 Å². The van der Waals surface area contributed by atoms with Gasteiger partial charge in [0.25, 0.3) is 0 Å². The number of carbonyl (C=O) groups is 1. The van der Waals surface area contributed by atoms with Crippen molar-refractivity contribution in [2.24, 2.45) is 0 Å². The van der Waals surface area contributed by atoms with Crippen LogP contribution in [0.2, 0.25) is 15.1 Å². The first kappa shape index (κ1) is 17.7. The van der Waals surface area contributed by atoms with Crippen molar-refractivity contribution >= 4 is 46.7 Å². The fraction of sp³-hybridized carbons (Fsp3) is 0.0556. The van der Waals surface area contributed by atoms with E-state index in [1.54, 1.807) is 59.5 Å². The lowest BCUT2D eigenvalue weighted by Crippen LogP contribution is -2.11. The molecule has 0 atom stereocenters. The summed E-state index contributed by atoms with van der Waals surface area (Å²) in [5.41, 5.74) is 1.74. The summed E-state index contributed by atoms with van der Waals surface area (Å²) in [5.74, 6) is -0.141. The summed E-state index contributed by atoms with van der Waals surface area (Å²) < 4.78 is 1.57. The molecule has 0 N–H and O–H groups in total. The van der Waals surface area contributed by atoms with Crippen molar-refractivity contribution in [3.05, 3.63) is 86.9 Å². The molecule has 0 bridgehead atoms. The van der Waals surface area contributed by atoms with Crippen molar-refractivity contribution in [2.45, 2.75) is 6.54 Å². The van der Waals surface area contributed by atoms with Crippen LogP contribution in [0.5, 0.6) is 0 Å². The van der Waals surface area contributed by atoms with E-state index < -0.39 is 0 Å². The van der Waals surface area contributed by atoms with Crippen LogP contribution >= 0.6 is 34.8 Å². The Morgan fingerprint density at radius 2 is 1.76 bits per heavy atom. The number of aromatic nitrogens is 3. The first-order valence-corrected chi connectivity index (χ1v) is 8.44. The Hall–Kier alpha value is -2.14. The molecule has 0 spiro atoms. The Kier molecular flexibility index (Phi) is 5.53. The summed E-state index contributed by atoms with van der Waals surface area (Å²) in [6.07, 6.45) is 4.70. The summed E-state index contributed by atoms with van der Waals surface area (Å²) >= 11 is 18.1. The molecule has 1 aromatic heterocycles. The second-order valence-corrected chi connectivity index (χ2v) is 6.54. The summed E-state index contributed by atoms with van der Waals surface area (Å²) in [6, 6.07) is 11.8. The number of hydrogen-bond donors (Lipinski definition) is 0. The van der Waals surface area contributed by atoms with Gasteiger partial charge in [0, 0.05) is 26.2 Å². The topological polar surface area (TPSA) is 47.8 Å². The molecule has 0 radical (unpaired) electrons. The third-order valence-electron chi connectivity index (χ3n) is 3.49. The number of carbonyl (C=O) groups excluding carboxylic acids is 1. The minimum absolute atomic E-state index is 0.141. The van der Waals surface area contributed by atoms with Gasteiger partial charge < -0.3 is 0 Å². The second-order valence-electron chi connectivity index (χ2n) is 5.26. The Labute approximate surface area is 159 Å². The number of rotatable bonds is 5. The van der Waals surface area contributed by atoms with Crippen LogP contribution < -0.4 is 0 Å². The zero-order valence-corrected chi connectivity index (χ0v) is 15.1. The molecular formula is C18H12Cl3N3O. The predicted molar refractivity (Wildman–Crippen MR) is 100 cm³/mol. The van der Waals surface area contributed by atoms with Crippen molar-refractivity contribution in [3.8, 4) is 0 Å². The normalized spacial score (nSPS) is 11.6. The molecule has 0 unspecified atom stereocenters. The molecule has 25 heavy (non-hydrogen) atoms. The predicted octanol–water partition coefficient (Wildman–Crippen LogP) is 5.20. The lowest BCUT2D eigenvalue weighted by Gasteiger charge is -2.09. The maximum Gasteiger partial charge on any atom is 0.190 e. The molecule has 0 fully saturated rings. The number of benzene rings is 2. The molecule has 0 aliphatic carbocycles. The van der Waals surface area contributed by atoms with E-state index in [9.17, 15) is 4.79 Å². The molecule has 126 valence electrons. The zero-order valence-electron chi connectivity index (χ0n) is 12.9. The monoisotopic (exact) mass is 391 g/mol. The molecule has 2 aromatic carbocycles. The van der Waals surface area contributed by atoms with Crippen molar-refractivity contribution in [1.29, 1.82) is 0 Å². The van der Waals surface area contributed by atoms with Gasteiger partial charge in [0.2, 0.25) is 0 Å². The van der Waals surface area contributed by atoms with E-state index in [-0.39, 0.29) is 12.3 Å². The number of nitrogens with zero attached hydrogens (tertiary/aromatic N) is 3. The Bertz CT molecular complexity index is 919. The van der Waals surface area contributed by atoms with Gasteiger partial charge in [0.05, 0.1) is 6.54 Å². The lowest BCUT2D eigenvalue weighted by atomic mass is 10.0. The number of hydrogen-bond acceptors (Lipinski definition) is 3. The third kappa shape index (κ3) is 4.48. The number of allylic oxidation sites excluding steroid dienone is 1. The summed E-state index contributed by atoms with van der Waals surface area (Å²) in [5, 5.41) is 5.63. The number of halogens is 3. The Morgan fingerprint density at radius 1 is 1.04 bits per heavy atom. The van der Waals surface area contributed by atoms with Crippen LogP contribution in [-0.2, 0) is 6.54 Å². The van der Waals surface area contributed by atoms with Gasteiger partial charge in [-0.2, -0.15) is 5.10 Å². The van der Waals surface area contributed by atoms with Crippen LogP contribution in [0.4, 0.5) is 0 Å². The largest absolute Gasteiger partial charge is 0.289 e. The van der Waals surface area contributed by atoms with Gasteiger partial charge in [-0.1, -0.05) is 40.9 Å². The number of Topliss-reactive ketones (excluding diaryl/α,β-unsaturated/α-hetero) is 1. The SMILES string of the molecule is O=C(/C(=C/c1ccc(Cl)cc1Cl)Cn1cncn1)c1ccc(Cl)cc1. The van der Waals surface area contributed by atoms with Crippen LogP contribution in [0, 0.1) is 0 Å². The van der Waals surface area contributed by atoms with Gasteiger partial charge in [0.1, 0.15) is 12.7 Å². The molecule has 7 heteroatoms. The Balaban J connectivity index is 2.01. The van der Waals surface area contributed by atoms with Gasteiger partial charge in [-0.25, -0.2) is 9.67 Å². The highest BCUT2D eigenvalue weighted by Gasteiger charge is 2.14. The quantitative estimate of drug-likeness (QED) is 0.442. The minimum atomic E-state index is -0.141.